The second-order valence-corrected chi connectivity index (χ2v) is 2.56. The van der Waals surface area contributed by atoms with Gasteiger partial charge in [-0.15, -0.1) is 0 Å². The minimum absolute atomic E-state index is 0.147. The van der Waals surface area contributed by atoms with E-state index in [1.165, 1.54) is 12.3 Å². The zero-order valence-electron chi connectivity index (χ0n) is 6.39. The number of benzene rings is 1. The smallest absolute Gasteiger partial charge is 0.273 e. The molecule has 2 N–H and O–H groups in total. The van der Waals surface area contributed by atoms with Crippen LogP contribution in [0.1, 0.15) is 0 Å². The van der Waals surface area contributed by atoms with E-state index in [1.54, 1.807) is 0 Å². The van der Waals surface area contributed by atoms with Gasteiger partial charge in [-0.3, -0.25) is 15.2 Å². The van der Waals surface area contributed by atoms with Crippen LogP contribution in [0.15, 0.2) is 18.3 Å². The number of aromatic nitrogens is 2. The van der Waals surface area contributed by atoms with Gasteiger partial charge in [0.1, 0.15) is 11.3 Å². The van der Waals surface area contributed by atoms with Crippen LogP contribution in [-0.2, 0) is 0 Å². The fourth-order valence-electron chi connectivity index (χ4n) is 1.13. The van der Waals surface area contributed by atoms with Gasteiger partial charge in [0.25, 0.3) is 5.69 Å². The van der Waals surface area contributed by atoms with E-state index in [0.29, 0.717) is 10.9 Å². The quantitative estimate of drug-likeness (QED) is 0.507. The van der Waals surface area contributed by atoms with Crippen molar-refractivity contribution in [1.29, 1.82) is 0 Å². The number of hydrogen-bond donors (Lipinski definition) is 2. The van der Waals surface area contributed by atoms with Crippen LogP contribution in [0, 0.1) is 10.1 Å². The number of fused-ring (bicyclic) bond motifs is 1. The Bertz CT molecular complexity index is 477. The Morgan fingerprint density at radius 1 is 1.54 bits per heavy atom. The van der Waals surface area contributed by atoms with E-state index in [0.717, 1.165) is 6.07 Å². The molecule has 6 heteroatoms. The molecule has 1 aromatic carbocycles. The van der Waals surface area contributed by atoms with E-state index < -0.39 is 4.92 Å². The van der Waals surface area contributed by atoms with Crippen molar-refractivity contribution in [2.75, 3.05) is 0 Å². The molecule has 2 aromatic rings. The molecule has 0 fully saturated rings. The number of nitro groups is 1. The number of rotatable bonds is 1. The van der Waals surface area contributed by atoms with Gasteiger partial charge in [0.05, 0.1) is 17.2 Å². The van der Waals surface area contributed by atoms with Crippen LogP contribution in [-0.4, -0.2) is 20.2 Å². The molecule has 0 aliphatic heterocycles. The molecule has 0 atom stereocenters. The summed E-state index contributed by atoms with van der Waals surface area (Å²) in [5.74, 6) is -0.165. The standard InChI is InChI=1S/C7H5N3O3/c11-6-2-5(10(12)13)1-4-3-8-9-7(4)6/h1-3,11H,(H,8,9). The van der Waals surface area contributed by atoms with Crippen molar-refractivity contribution < 1.29 is 10.0 Å². The number of non-ortho nitro benzene ring substituents is 1. The molecule has 1 aromatic heterocycles. The van der Waals surface area contributed by atoms with E-state index in [9.17, 15) is 15.2 Å². The summed E-state index contributed by atoms with van der Waals surface area (Å²) in [6, 6.07) is 2.43. The number of H-pyrrole nitrogens is 1. The highest BCUT2D eigenvalue weighted by molar-refractivity contribution is 5.86. The van der Waals surface area contributed by atoms with Gasteiger partial charge in [-0.05, 0) is 0 Å². The number of nitro benzene ring substituents is 1. The van der Waals surface area contributed by atoms with Crippen LogP contribution in [0.3, 0.4) is 0 Å². The Balaban J connectivity index is 2.77. The molecule has 0 bridgehead atoms. The van der Waals surface area contributed by atoms with Gasteiger partial charge in [-0.1, -0.05) is 0 Å². The second-order valence-electron chi connectivity index (χ2n) is 2.56. The summed E-state index contributed by atoms with van der Waals surface area (Å²) in [6.07, 6.45) is 1.42. The lowest BCUT2D eigenvalue weighted by Crippen LogP contribution is -1.86. The van der Waals surface area contributed by atoms with Gasteiger partial charge >= 0.3 is 0 Å². The Morgan fingerprint density at radius 3 is 3.00 bits per heavy atom. The lowest BCUT2D eigenvalue weighted by molar-refractivity contribution is -0.384. The maximum atomic E-state index is 10.4. The van der Waals surface area contributed by atoms with Crippen LogP contribution in [0.4, 0.5) is 5.69 Å². The van der Waals surface area contributed by atoms with E-state index in [4.69, 9.17) is 0 Å². The van der Waals surface area contributed by atoms with Crippen molar-refractivity contribution >= 4 is 16.6 Å². The Kier molecular flexibility index (Phi) is 1.42. The number of aromatic hydroxyl groups is 1. The Hall–Kier alpha value is -2.11. The van der Waals surface area contributed by atoms with Gasteiger partial charge in [0.15, 0.2) is 0 Å². The van der Waals surface area contributed by atoms with Gasteiger partial charge in [0.2, 0.25) is 0 Å². The summed E-state index contributed by atoms with van der Waals surface area (Å²) in [5, 5.41) is 26.4. The fourth-order valence-corrected chi connectivity index (χ4v) is 1.13. The molecule has 0 saturated carbocycles. The molecule has 6 nitrogen and oxygen atoms in total. The topological polar surface area (TPSA) is 92.0 Å². The van der Waals surface area contributed by atoms with E-state index in [1.807, 2.05) is 0 Å². The molecule has 2 rings (SSSR count). The zero-order valence-corrected chi connectivity index (χ0v) is 6.39. The normalized spacial score (nSPS) is 10.5. The van der Waals surface area contributed by atoms with Crippen LogP contribution >= 0.6 is 0 Å². The molecule has 0 radical (unpaired) electrons. The molecule has 0 aliphatic rings. The predicted molar refractivity (Wildman–Crippen MR) is 44.4 cm³/mol. The summed E-state index contributed by atoms with van der Waals surface area (Å²) >= 11 is 0. The summed E-state index contributed by atoms with van der Waals surface area (Å²) < 4.78 is 0. The highest BCUT2D eigenvalue weighted by atomic mass is 16.6. The monoisotopic (exact) mass is 179 g/mol. The number of aromatic amines is 1. The third-order valence-electron chi connectivity index (χ3n) is 1.72. The highest BCUT2D eigenvalue weighted by Crippen LogP contribution is 2.27. The first-order valence-corrected chi connectivity index (χ1v) is 3.49. The minimum Gasteiger partial charge on any atom is -0.505 e. The highest BCUT2D eigenvalue weighted by Gasteiger charge is 2.11. The average molecular weight is 179 g/mol. The van der Waals surface area contributed by atoms with Crippen LogP contribution in [0.5, 0.6) is 5.75 Å². The van der Waals surface area contributed by atoms with Crippen molar-refractivity contribution in [2.45, 2.75) is 0 Å². The number of phenols is 1. The number of phenolic OH excluding ortho intramolecular Hbond substituents is 1. The maximum Gasteiger partial charge on any atom is 0.273 e. The lowest BCUT2D eigenvalue weighted by Gasteiger charge is -1.94. The lowest BCUT2D eigenvalue weighted by atomic mass is 10.2. The summed E-state index contributed by atoms with van der Waals surface area (Å²) in [4.78, 5) is 9.82. The maximum absolute atomic E-state index is 10.4. The van der Waals surface area contributed by atoms with Crippen LogP contribution < -0.4 is 0 Å². The molecule has 0 spiro atoms. The molecule has 1 heterocycles. The third kappa shape index (κ3) is 1.08. The Labute approximate surface area is 72.0 Å². The van der Waals surface area contributed by atoms with Gasteiger partial charge < -0.3 is 5.11 Å². The molecule has 0 saturated heterocycles. The predicted octanol–water partition coefficient (Wildman–Crippen LogP) is 1.18. The van der Waals surface area contributed by atoms with Gasteiger partial charge in [0, 0.05) is 11.5 Å². The molecular formula is C7H5N3O3. The number of hydrogen-bond acceptors (Lipinski definition) is 4. The van der Waals surface area contributed by atoms with Crippen molar-refractivity contribution in [3.63, 3.8) is 0 Å². The largest absolute Gasteiger partial charge is 0.505 e. The van der Waals surface area contributed by atoms with Crippen molar-refractivity contribution in [3.05, 3.63) is 28.4 Å². The van der Waals surface area contributed by atoms with Crippen molar-refractivity contribution in [2.24, 2.45) is 0 Å². The minimum atomic E-state index is -0.563. The fraction of sp³-hybridized carbons (Fsp3) is 0. The van der Waals surface area contributed by atoms with E-state index in [-0.39, 0.29) is 11.4 Å². The van der Waals surface area contributed by atoms with E-state index in [2.05, 4.69) is 10.2 Å². The SMILES string of the molecule is O=[N+]([O-])c1cc(O)c2[nH]ncc2c1. The summed E-state index contributed by atoms with van der Waals surface area (Å²) in [6.45, 7) is 0. The molecule has 0 aliphatic carbocycles. The third-order valence-corrected chi connectivity index (χ3v) is 1.72. The first-order valence-electron chi connectivity index (χ1n) is 3.49. The summed E-state index contributed by atoms with van der Waals surface area (Å²) in [5.41, 5.74) is 0.261. The molecule has 0 unspecified atom stereocenters. The van der Waals surface area contributed by atoms with Gasteiger partial charge in [-0.2, -0.15) is 5.10 Å². The molecule has 66 valence electrons. The van der Waals surface area contributed by atoms with Crippen molar-refractivity contribution in [3.8, 4) is 5.75 Å². The van der Waals surface area contributed by atoms with Gasteiger partial charge in [-0.25, -0.2) is 0 Å². The second kappa shape index (κ2) is 2.44. The van der Waals surface area contributed by atoms with E-state index >= 15 is 0 Å². The van der Waals surface area contributed by atoms with Crippen LogP contribution in [0.25, 0.3) is 10.9 Å². The number of nitrogens with one attached hydrogen (secondary N) is 1. The first-order chi connectivity index (χ1) is 6.18. The Morgan fingerprint density at radius 2 is 2.31 bits per heavy atom. The zero-order chi connectivity index (χ0) is 9.42. The van der Waals surface area contributed by atoms with Crippen molar-refractivity contribution in [1.82, 2.24) is 10.2 Å². The first kappa shape index (κ1) is 7.53. The average Bonchev–Trinajstić information content (AvgIpc) is 2.51. The van der Waals surface area contributed by atoms with Crippen LogP contribution in [0.2, 0.25) is 0 Å². The molecule has 13 heavy (non-hydrogen) atoms. The number of nitrogens with zero attached hydrogens (tertiary/aromatic N) is 2. The molecule has 0 amide bonds. The summed E-state index contributed by atoms with van der Waals surface area (Å²) in [7, 11) is 0. The molecular weight excluding hydrogens is 174 g/mol.